The average Bonchev–Trinajstić information content (AvgIpc) is 2.46. The lowest BCUT2D eigenvalue weighted by atomic mass is 9.71. The molecule has 2 bridgehead atoms. The fourth-order valence-electron chi connectivity index (χ4n) is 3.42. The maximum Gasteiger partial charge on any atom is 0.181 e. The van der Waals surface area contributed by atoms with Crippen LogP contribution in [0.2, 0.25) is 0 Å². The first-order valence-corrected chi connectivity index (χ1v) is 9.23. The van der Waals surface area contributed by atoms with Gasteiger partial charge in [-0.25, -0.2) is 18.2 Å². The number of fused-ring (bicyclic) bond motifs is 2. The van der Waals surface area contributed by atoms with Gasteiger partial charge in [0.2, 0.25) is 0 Å². The monoisotopic (exact) mass is 326 g/mol. The van der Waals surface area contributed by atoms with Crippen LogP contribution in [0, 0.1) is 5.92 Å². The third kappa shape index (κ3) is 2.80. The molecule has 5 nitrogen and oxygen atoms in total. The minimum atomic E-state index is -3.45. The Bertz CT molecular complexity index is 640. The number of aliphatic hydroxyl groups is 1. The molecule has 1 heterocycles. The Morgan fingerprint density at radius 2 is 1.95 bits per heavy atom. The van der Waals surface area contributed by atoms with E-state index in [1.807, 2.05) is 0 Å². The molecule has 1 saturated heterocycles. The first kappa shape index (κ1) is 15.9. The quantitative estimate of drug-likeness (QED) is 0.861. The SMILES string of the molecule is C[C@]1(O)CC[C@H]2C[C@@H]1OO[C@@]2(C)CS(=O)(=O)c1ccccc1. The molecule has 4 atom stereocenters. The molecule has 0 aromatic heterocycles. The maximum atomic E-state index is 12.6. The third-order valence-electron chi connectivity index (χ3n) is 4.99. The molecule has 2 fully saturated rings. The fraction of sp³-hybridized carbons (Fsp3) is 0.625. The summed E-state index contributed by atoms with van der Waals surface area (Å²) in [6.45, 7) is 3.52. The van der Waals surface area contributed by atoms with Crippen LogP contribution in [-0.4, -0.2) is 36.6 Å². The van der Waals surface area contributed by atoms with Crippen LogP contribution in [0.4, 0.5) is 0 Å². The normalized spacial score (nSPS) is 38.7. The van der Waals surface area contributed by atoms with E-state index in [4.69, 9.17) is 9.78 Å². The van der Waals surface area contributed by atoms with Crippen molar-refractivity contribution in [2.45, 2.75) is 55.3 Å². The predicted molar refractivity (Wildman–Crippen MR) is 80.8 cm³/mol. The average molecular weight is 326 g/mol. The summed E-state index contributed by atoms with van der Waals surface area (Å²) in [4.78, 5) is 11.1. The molecule has 0 amide bonds. The first-order chi connectivity index (χ1) is 10.2. The number of benzene rings is 1. The predicted octanol–water partition coefficient (Wildman–Crippen LogP) is 2.10. The molecule has 6 heteroatoms. The zero-order chi connectivity index (χ0) is 16.0. The summed E-state index contributed by atoms with van der Waals surface area (Å²) < 4.78 is 25.2. The minimum absolute atomic E-state index is 0.0602. The maximum absolute atomic E-state index is 12.6. The highest BCUT2D eigenvalue weighted by molar-refractivity contribution is 7.91. The highest BCUT2D eigenvalue weighted by Crippen LogP contribution is 2.45. The molecule has 1 aromatic carbocycles. The second-order valence-electron chi connectivity index (χ2n) is 6.88. The van der Waals surface area contributed by atoms with E-state index in [2.05, 4.69) is 0 Å². The molecule has 0 spiro atoms. The second-order valence-corrected chi connectivity index (χ2v) is 8.87. The van der Waals surface area contributed by atoms with Gasteiger partial charge in [-0.1, -0.05) is 18.2 Å². The van der Waals surface area contributed by atoms with Gasteiger partial charge in [0.05, 0.1) is 16.2 Å². The van der Waals surface area contributed by atoms with Crippen molar-refractivity contribution in [1.29, 1.82) is 0 Å². The summed E-state index contributed by atoms with van der Waals surface area (Å²) in [7, 11) is -3.45. The lowest BCUT2D eigenvalue weighted by Gasteiger charge is -2.50. The van der Waals surface area contributed by atoms with Crippen LogP contribution in [0.1, 0.15) is 33.1 Å². The van der Waals surface area contributed by atoms with Gasteiger partial charge in [-0.2, -0.15) is 0 Å². The second kappa shape index (κ2) is 5.30. The van der Waals surface area contributed by atoms with Crippen molar-refractivity contribution in [1.82, 2.24) is 0 Å². The van der Waals surface area contributed by atoms with Crippen LogP contribution in [0.15, 0.2) is 35.2 Å². The van der Waals surface area contributed by atoms with Crippen LogP contribution < -0.4 is 0 Å². The molecule has 1 saturated carbocycles. The van der Waals surface area contributed by atoms with E-state index in [1.165, 1.54) is 0 Å². The van der Waals surface area contributed by atoms with Gasteiger partial charge in [-0.15, -0.1) is 0 Å². The lowest BCUT2D eigenvalue weighted by molar-refractivity contribution is -0.441. The molecule has 1 N–H and O–H groups in total. The molecule has 1 aromatic rings. The third-order valence-corrected chi connectivity index (χ3v) is 6.93. The molecule has 0 unspecified atom stereocenters. The van der Waals surface area contributed by atoms with Gasteiger partial charge < -0.3 is 5.11 Å². The van der Waals surface area contributed by atoms with E-state index >= 15 is 0 Å². The highest BCUT2D eigenvalue weighted by Gasteiger charge is 2.53. The topological polar surface area (TPSA) is 72.8 Å². The fourth-order valence-corrected chi connectivity index (χ4v) is 5.20. The Kier molecular flexibility index (Phi) is 3.84. The Labute approximate surface area is 131 Å². The van der Waals surface area contributed by atoms with Crippen molar-refractivity contribution in [3.8, 4) is 0 Å². The van der Waals surface area contributed by atoms with Crippen molar-refractivity contribution < 1.29 is 23.3 Å². The minimum Gasteiger partial charge on any atom is -0.387 e. The van der Waals surface area contributed by atoms with Crippen molar-refractivity contribution in [3.05, 3.63) is 30.3 Å². The molecule has 122 valence electrons. The van der Waals surface area contributed by atoms with Crippen molar-refractivity contribution in [2.75, 3.05) is 5.75 Å². The standard InChI is InChI=1S/C16H22O5S/c1-15(17)9-8-12-10-14(15)20-21-16(12,2)11-22(18,19)13-6-4-3-5-7-13/h3-7,12,14,17H,8-11H2,1-2H3/t12-,14-,15-,16-/m0/s1. The smallest absolute Gasteiger partial charge is 0.181 e. The summed E-state index contributed by atoms with van der Waals surface area (Å²) >= 11 is 0. The number of hydrogen-bond donors (Lipinski definition) is 1. The number of sulfone groups is 1. The summed E-state index contributed by atoms with van der Waals surface area (Å²) in [6.07, 6.45) is 1.55. The lowest BCUT2D eigenvalue weighted by Crippen LogP contribution is -2.58. The molecule has 0 radical (unpaired) electrons. The zero-order valence-corrected chi connectivity index (χ0v) is 13.7. The van der Waals surface area contributed by atoms with Crippen LogP contribution in [0.25, 0.3) is 0 Å². The van der Waals surface area contributed by atoms with Gasteiger partial charge in [0.1, 0.15) is 11.7 Å². The van der Waals surface area contributed by atoms with E-state index < -0.39 is 27.1 Å². The molecule has 2 aliphatic rings. The molecule has 22 heavy (non-hydrogen) atoms. The number of hydrogen-bond acceptors (Lipinski definition) is 5. The summed E-state index contributed by atoms with van der Waals surface area (Å²) in [5, 5.41) is 10.2. The number of rotatable bonds is 3. The van der Waals surface area contributed by atoms with E-state index in [9.17, 15) is 13.5 Å². The van der Waals surface area contributed by atoms with Gasteiger partial charge in [0, 0.05) is 0 Å². The summed E-state index contributed by atoms with van der Waals surface area (Å²) in [5.41, 5.74) is -1.79. The van der Waals surface area contributed by atoms with Gasteiger partial charge in [-0.05, 0) is 51.2 Å². The molecular formula is C16H22O5S. The zero-order valence-electron chi connectivity index (χ0n) is 12.9. The van der Waals surface area contributed by atoms with Crippen LogP contribution >= 0.6 is 0 Å². The van der Waals surface area contributed by atoms with E-state index in [-0.39, 0.29) is 11.7 Å². The molecule has 3 rings (SSSR count). The van der Waals surface area contributed by atoms with E-state index in [0.29, 0.717) is 17.7 Å². The van der Waals surface area contributed by atoms with E-state index in [0.717, 1.165) is 6.42 Å². The highest BCUT2D eigenvalue weighted by atomic mass is 32.2. The van der Waals surface area contributed by atoms with Crippen molar-refractivity contribution in [3.63, 3.8) is 0 Å². The van der Waals surface area contributed by atoms with Crippen LogP contribution in [0.5, 0.6) is 0 Å². The Hall–Kier alpha value is -0.950. The Morgan fingerprint density at radius 1 is 1.27 bits per heavy atom. The van der Waals surface area contributed by atoms with Gasteiger partial charge in [0.15, 0.2) is 9.84 Å². The molecule has 1 aliphatic heterocycles. The first-order valence-electron chi connectivity index (χ1n) is 7.58. The van der Waals surface area contributed by atoms with E-state index in [1.54, 1.807) is 44.2 Å². The van der Waals surface area contributed by atoms with Gasteiger partial charge in [0.25, 0.3) is 0 Å². The van der Waals surface area contributed by atoms with Crippen molar-refractivity contribution >= 4 is 9.84 Å². The summed E-state index contributed by atoms with van der Waals surface area (Å²) in [5.74, 6) is -0.0613. The molecule has 1 aliphatic carbocycles. The summed E-state index contributed by atoms with van der Waals surface area (Å²) in [6, 6.07) is 8.39. The van der Waals surface area contributed by atoms with Crippen LogP contribution in [-0.2, 0) is 19.6 Å². The Morgan fingerprint density at radius 3 is 2.64 bits per heavy atom. The Balaban J connectivity index is 1.81. The van der Waals surface area contributed by atoms with Crippen molar-refractivity contribution in [2.24, 2.45) is 5.92 Å². The van der Waals surface area contributed by atoms with Gasteiger partial charge >= 0.3 is 0 Å². The largest absolute Gasteiger partial charge is 0.387 e. The molecular weight excluding hydrogens is 304 g/mol. The van der Waals surface area contributed by atoms with Crippen LogP contribution in [0.3, 0.4) is 0 Å². The van der Waals surface area contributed by atoms with Gasteiger partial charge in [-0.3, -0.25) is 0 Å².